The van der Waals surface area contributed by atoms with E-state index >= 15 is 0 Å². The van der Waals surface area contributed by atoms with Crippen molar-refractivity contribution in [2.75, 3.05) is 0 Å². The highest BCUT2D eigenvalue weighted by atomic mass is 19.4. The number of hydrogen-bond acceptors (Lipinski definition) is 9. The van der Waals surface area contributed by atoms with Crippen molar-refractivity contribution in [3.8, 4) is 11.4 Å². The molecule has 13 heteroatoms. The maximum Gasteiger partial charge on any atom is 0.433 e. The lowest BCUT2D eigenvalue weighted by Gasteiger charge is -2.09. The fourth-order valence-corrected chi connectivity index (χ4v) is 3.13. The molecule has 4 aromatic heterocycles. The molecular weight excluding hydrogens is 441 g/mol. The van der Waals surface area contributed by atoms with Gasteiger partial charge in [-0.1, -0.05) is 0 Å². The number of halogens is 3. The van der Waals surface area contributed by atoms with E-state index in [1.54, 1.807) is 6.07 Å². The molecular formula is C20H15F3N8O2. The van der Waals surface area contributed by atoms with Gasteiger partial charge in [-0.05, 0) is 25.0 Å². The van der Waals surface area contributed by atoms with Crippen LogP contribution >= 0.6 is 0 Å². The summed E-state index contributed by atoms with van der Waals surface area (Å²) < 4.78 is 46.8. The molecule has 168 valence electrons. The molecule has 0 atom stereocenters. The summed E-state index contributed by atoms with van der Waals surface area (Å²) in [7, 11) is 0. The standard InChI is InChI=1S/C20H15F3N8O2/c21-20(22,23)16-4-12(3-15(27-16)11-1-2-11)18-26-10-31(30-18)7-14(13-5-24-9-25-6-13)19-29-28-17(8-32)33-19/h3-7,9-11,32H,1-2,8H2/b14-7+. The van der Waals surface area contributed by atoms with Crippen LogP contribution in [0.2, 0.25) is 0 Å². The SMILES string of the molecule is OCc1nnc(/C(=C/n2cnc(-c3cc(C4CC4)nc(C(F)(F)F)c3)n2)c2cncnc2)o1. The lowest BCUT2D eigenvalue weighted by Crippen LogP contribution is -2.10. The van der Waals surface area contributed by atoms with E-state index < -0.39 is 18.5 Å². The summed E-state index contributed by atoms with van der Waals surface area (Å²) in [5.74, 6) is 0.212. The topological polar surface area (TPSA) is 129 Å². The van der Waals surface area contributed by atoms with Crippen molar-refractivity contribution in [2.24, 2.45) is 0 Å². The molecule has 0 radical (unpaired) electrons. The van der Waals surface area contributed by atoms with Crippen LogP contribution in [0.3, 0.4) is 0 Å². The van der Waals surface area contributed by atoms with Gasteiger partial charge in [-0.2, -0.15) is 13.2 Å². The van der Waals surface area contributed by atoms with Gasteiger partial charge in [0.2, 0.25) is 11.8 Å². The maximum atomic E-state index is 13.4. The molecule has 0 amide bonds. The van der Waals surface area contributed by atoms with Crippen molar-refractivity contribution in [3.63, 3.8) is 0 Å². The molecule has 0 unspecified atom stereocenters. The van der Waals surface area contributed by atoms with Gasteiger partial charge >= 0.3 is 6.18 Å². The van der Waals surface area contributed by atoms with Crippen LogP contribution in [0.5, 0.6) is 0 Å². The van der Waals surface area contributed by atoms with E-state index in [1.165, 1.54) is 35.9 Å². The molecule has 0 aromatic carbocycles. The number of aromatic nitrogens is 8. The van der Waals surface area contributed by atoms with Crippen molar-refractivity contribution in [2.45, 2.75) is 31.5 Å². The summed E-state index contributed by atoms with van der Waals surface area (Å²) in [5.41, 5.74) is 0.525. The van der Waals surface area contributed by atoms with Crippen LogP contribution in [0.15, 0.2) is 41.6 Å². The van der Waals surface area contributed by atoms with Crippen LogP contribution in [0.4, 0.5) is 13.2 Å². The van der Waals surface area contributed by atoms with Gasteiger partial charge in [0, 0.05) is 41.3 Å². The normalized spacial score (nSPS) is 14.6. The zero-order chi connectivity index (χ0) is 23.0. The number of pyridine rings is 1. The third kappa shape index (κ3) is 4.48. The number of hydrogen-bond donors (Lipinski definition) is 1. The van der Waals surface area contributed by atoms with Gasteiger partial charge in [0.15, 0.2) is 5.82 Å². The summed E-state index contributed by atoms with van der Waals surface area (Å²) in [6.07, 6.45) is 4.25. The number of alkyl halides is 3. The lowest BCUT2D eigenvalue weighted by atomic mass is 10.1. The van der Waals surface area contributed by atoms with Crippen molar-refractivity contribution in [1.29, 1.82) is 0 Å². The molecule has 33 heavy (non-hydrogen) atoms. The first kappa shape index (κ1) is 20.9. The molecule has 0 bridgehead atoms. The third-order valence-corrected chi connectivity index (χ3v) is 4.86. The van der Waals surface area contributed by atoms with E-state index in [4.69, 9.17) is 4.42 Å². The maximum absolute atomic E-state index is 13.4. The Morgan fingerprint density at radius 1 is 1.18 bits per heavy atom. The largest absolute Gasteiger partial charge is 0.433 e. The molecule has 0 spiro atoms. The minimum Gasteiger partial charge on any atom is -0.418 e. The molecule has 1 aliphatic rings. The first-order valence-electron chi connectivity index (χ1n) is 9.82. The second kappa shape index (κ2) is 8.16. The molecule has 1 fully saturated rings. The highest BCUT2D eigenvalue weighted by molar-refractivity contribution is 5.82. The number of rotatable bonds is 6. The van der Waals surface area contributed by atoms with Crippen LogP contribution < -0.4 is 0 Å². The Morgan fingerprint density at radius 3 is 2.64 bits per heavy atom. The van der Waals surface area contributed by atoms with Gasteiger partial charge in [0.25, 0.3) is 0 Å². The fourth-order valence-electron chi connectivity index (χ4n) is 3.13. The van der Waals surface area contributed by atoms with Crippen LogP contribution in [-0.2, 0) is 12.8 Å². The Morgan fingerprint density at radius 2 is 1.97 bits per heavy atom. The molecule has 0 saturated heterocycles. The second-order valence-electron chi connectivity index (χ2n) is 7.32. The predicted molar refractivity (Wildman–Crippen MR) is 106 cm³/mol. The number of aliphatic hydroxyl groups is 1. The summed E-state index contributed by atoms with van der Waals surface area (Å²) in [5, 5.41) is 21.2. The van der Waals surface area contributed by atoms with E-state index in [9.17, 15) is 18.3 Å². The third-order valence-electron chi connectivity index (χ3n) is 4.86. The van der Waals surface area contributed by atoms with E-state index in [-0.39, 0.29) is 29.1 Å². The van der Waals surface area contributed by atoms with E-state index in [1.807, 2.05) is 0 Å². The van der Waals surface area contributed by atoms with Gasteiger partial charge in [-0.25, -0.2) is 24.6 Å². The quantitative estimate of drug-likeness (QED) is 0.466. The van der Waals surface area contributed by atoms with Crippen molar-refractivity contribution in [1.82, 2.24) is 39.9 Å². The number of aliphatic hydroxyl groups excluding tert-OH is 1. The van der Waals surface area contributed by atoms with Crippen LogP contribution in [0.1, 0.15) is 47.5 Å². The van der Waals surface area contributed by atoms with Gasteiger partial charge in [0.05, 0.1) is 5.57 Å². The molecule has 1 aliphatic carbocycles. The highest BCUT2D eigenvalue weighted by Crippen LogP contribution is 2.41. The van der Waals surface area contributed by atoms with Crippen LogP contribution in [-0.4, -0.2) is 45.0 Å². The molecule has 5 rings (SSSR count). The van der Waals surface area contributed by atoms with Gasteiger partial charge < -0.3 is 9.52 Å². The predicted octanol–water partition coefficient (Wildman–Crippen LogP) is 2.95. The number of nitrogens with zero attached hydrogens (tertiary/aromatic N) is 8. The van der Waals surface area contributed by atoms with E-state index in [2.05, 4.69) is 35.2 Å². The summed E-state index contributed by atoms with van der Waals surface area (Å²) in [6, 6.07) is 2.53. The Kier molecular flexibility index (Phi) is 5.17. The Hall–Kier alpha value is -4.00. The minimum atomic E-state index is -4.58. The van der Waals surface area contributed by atoms with Crippen LogP contribution in [0.25, 0.3) is 23.2 Å². The molecule has 4 heterocycles. The Balaban J connectivity index is 1.55. The molecule has 0 aliphatic heterocycles. The molecule has 4 aromatic rings. The van der Waals surface area contributed by atoms with Crippen molar-refractivity contribution in [3.05, 3.63) is 65.9 Å². The summed E-state index contributed by atoms with van der Waals surface area (Å²) >= 11 is 0. The monoisotopic (exact) mass is 456 g/mol. The summed E-state index contributed by atoms with van der Waals surface area (Å²) in [6.45, 7) is -0.439. The molecule has 10 nitrogen and oxygen atoms in total. The summed E-state index contributed by atoms with van der Waals surface area (Å²) in [4.78, 5) is 15.9. The minimum absolute atomic E-state index is 0.0103. The Labute approximate surface area is 183 Å². The smallest absolute Gasteiger partial charge is 0.418 e. The molecule has 1 saturated carbocycles. The highest BCUT2D eigenvalue weighted by Gasteiger charge is 2.35. The zero-order valence-corrected chi connectivity index (χ0v) is 16.8. The Bertz CT molecular complexity index is 1310. The van der Waals surface area contributed by atoms with Crippen molar-refractivity contribution >= 4 is 11.8 Å². The second-order valence-corrected chi connectivity index (χ2v) is 7.32. The van der Waals surface area contributed by atoms with Crippen LogP contribution in [0, 0.1) is 0 Å². The average molecular weight is 456 g/mol. The lowest BCUT2D eigenvalue weighted by molar-refractivity contribution is -0.141. The fraction of sp³-hybridized carbons (Fsp3) is 0.250. The molecule has 1 N–H and O–H groups in total. The first-order chi connectivity index (χ1) is 15.9. The first-order valence-corrected chi connectivity index (χ1v) is 9.82. The van der Waals surface area contributed by atoms with Gasteiger partial charge in [-0.3, -0.25) is 0 Å². The van der Waals surface area contributed by atoms with Crippen molar-refractivity contribution < 1.29 is 22.7 Å². The van der Waals surface area contributed by atoms with Gasteiger partial charge in [-0.15, -0.1) is 15.3 Å². The van der Waals surface area contributed by atoms with Gasteiger partial charge in [0.1, 0.15) is 25.0 Å². The zero-order valence-electron chi connectivity index (χ0n) is 16.8. The average Bonchev–Trinajstić information content (AvgIpc) is 3.37. The van der Waals surface area contributed by atoms with E-state index in [0.717, 1.165) is 18.9 Å². The van der Waals surface area contributed by atoms with E-state index in [0.29, 0.717) is 16.8 Å².